The third kappa shape index (κ3) is 3.20. The van der Waals surface area contributed by atoms with Gasteiger partial charge in [-0.3, -0.25) is 4.79 Å². The number of carbonyl (C=O) groups is 1. The van der Waals surface area contributed by atoms with Gasteiger partial charge >= 0.3 is 12.1 Å². The first kappa shape index (κ1) is 15.5. The first-order chi connectivity index (χ1) is 10.8. The minimum absolute atomic E-state index is 0.162. The molecule has 0 aliphatic heterocycles. The summed E-state index contributed by atoms with van der Waals surface area (Å²) in [5.41, 5.74) is 0.613. The molecule has 122 valence electrons. The molecular formula is C15H14F3N3O2. The van der Waals surface area contributed by atoms with Crippen molar-refractivity contribution in [2.75, 3.05) is 0 Å². The maximum absolute atomic E-state index is 12.4. The molecule has 1 saturated carbocycles. The van der Waals surface area contributed by atoms with Crippen LogP contribution in [0.2, 0.25) is 0 Å². The van der Waals surface area contributed by atoms with Gasteiger partial charge in [-0.2, -0.15) is 18.2 Å². The van der Waals surface area contributed by atoms with Crippen molar-refractivity contribution >= 4 is 5.91 Å². The number of hydrogen-bond donors (Lipinski definition) is 1. The number of benzene rings is 1. The molecule has 1 aliphatic carbocycles. The molecule has 0 bridgehead atoms. The van der Waals surface area contributed by atoms with E-state index in [0.717, 1.165) is 19.3 Å². The maximum Gasteiger partial charge on any atom is 0.471 e. The fourth-order valence-corrected chi connectivity index (χ4v) is 2.40. The van der Waals surface area contributed by atoms with Crippen molar-refractivity contribution in [1.82, 2.24) is 15.5 Å². The Balaban J connectivity index is 1.74. The molecule has 1 amide bonds. The summed E-state index contributed by atoms with van der Waals surface area (Å²) in [7, 11) is 0. The van der Waals surface area contributed by atoms with Crippen molar-refractivity contribution in [2.45, 2.75) is 37.9 Å². The molecule has 1 aromatic heterocycles. The van der Waals surface area contributed by atoms with E-state index in [9.17, 15) is 18.0 Å². The first-order valence-electron chi connectivity index (χ1n) is 7.11. The number of halogens is 3. The molecule has 23 heavy (non-hydrogen) atoms. The number of hydrogen-bond acceptors (Lipinski definition) is 4. The van der Waals surface area contributed by atoms with Crippen LogP contribution in [-0.4, -0.2) is 21.6 Å². The summed E-state index contributed by atoms with van der Waals surface area (Å²) in [6, 6.07) is 6.03. The third-order valence-electron chi connectivity index (χ3n) is 3.95. The van der Waals surface area contributed by atoms with Crippen LogP contribution in [0.15, 0.2) is 28.8 Å². The van der Waals surface area contributed by atoms with Gasteiger partial charge in [-0.1, -0.05) is 17.3 Å². The highest BCUT2D eigenvalue weighted by Crippen LogP contribution is 2.31. The summed E-state index contributed by atoms with van der Waals surface area (Å²) in [6.45, 7) is 1.99. The van der Waals surface area contributed by atoms with E-state index >= 15 is 0 Å². The van der Waals surface area contributed by atoms with Gasteiger partial charge in [0, 0.05) is 16.7 Å². The molecule has 0 atom stereocenters. The molecule has 1 heterocycles. The van der Waals surface area contributed by atoms with Gasteiger partial charge in [-0.25, -0.2) is 0 Å². The third-order valence-corrected chi connectivity index (χ3v) is 3.95. The Morgan fingerprint density at radius 3 is 2.39 bits per heavy atom. The van der Waals surface area contributed by atoms with Gasteiger partial charge in [0.2, 0.25) is 5.82 Å². The van der Waals surface area contributed by atoms with E-state index in [1.807, 2.05) is 6.92 Å². The zero-order chi connectivity index (χ0) is 16.7. The van der Waals surface area contributed by atoms with Gasteiger partial charge in [-0.15, -0.1) is 0 Å². The van der Waals surface area contributed by atoms with Crippen molar-refractivity contribution in [2.24, 2.45) is 0 Å². The van der Waals surface area contributed by atoms with Crippen molar-refractivity contribution in [3.8, 4) is 11.4 Å². The lowest BCUT2D eigenvalue weighted by Crippen LogP contribution is -2.50. The molecule has 0 saturated heterocycles. The minimum atomic E-state index is -4.68. The Morgan fingerprint density at radius 1 is 1.26 bits per heavy atom. The fraction of sp³-hybridized carbons (Fsp3) is 0.400. The fourth-order valence-electron chi connectivity index (χ4n) is 2.40. The van der Waals surface area contributed by atoms with Crippen LogP contribution >= 0.6 is 0 Å². The average Bonchev–Trinajstić information content (AvgIpc) is 2.95. The highest BCUT2D eigenvalue weighted by atomic mass is 19.4. The Morgan fingerprint density at radius 2 is 1.91 bits per heavy atom. The van der Waals surface area contributed by atoms with Gasteiger partial charge in [0.05, 0.1) is 0 Å². The number of carbonyl (C=O) groups excluding carboxylic acids is 1. The number of alkyl halides is 3. The van der Waals surface area contributed by atoms with Crippen molar-refractivity contribution in [1.29, 1.82) is 0 Å². The lowest BCUT2D eigenvalue weighted by atomic mass is 9.78. The van der Waals surface area contributed by atoms with E-state index in [0.29, 0.717) is 11.1 Å². The predicted molar refractivity (Wildman–Crippen MR) is 74.5 cm³/mol. The van der Waals surface area contributed by atoms with E-state index in [4.69, 9.17) is 0 Å². The van der Waals surface area contributed by atoms with E-state index in [2.05, 4.69) is 20.0 Å². The molecular weight excluding hydrogens is 311 g/mol. The van der Waals surface area contributed by atoms with Gasteiger partial charge in [0.25, 0.3) is 5.91 Å². The topological polar surface area (TPSA) is 68.0 Å². The van der Waals surface area contributed by atoms with Crippen LogP contribution in [0.4, 0.5) is 13.2 Å². The monoisotopic (exact) mass is 325 g/mol. The summed E-state index contributed by atoms with van der Waals surface area (Å²) in [5.74, 6) is -1.77. The smallest absolute Gasteiger partial charge is 0.347 e. The molecule has 8 heteroatoms. The van der Waals surface area contributed by atoms with E-state index < -0.39 is 12.1 Å². The highest BCUT2D eigenvalue weighted by Gasteiger charge is 2.38. The molecule has 0 unspecified atom stereocenters. The molecule has 1 aromatic carbocycles. The minimum Gasteiger partial charge on any atom is -0.347 e. The Hall–Kier alpha value is -2.38. The van der Waals surface area contributed by atoms with E-state index in [1.54, 1.807) is 0 Å². The van der Waals surface area contributed by atoms with Gasteiger partial charge in [0.1, 0.15) is 0 Å². The van der Waals surface area contributed by atoms with E-state index in [1.165, 1.54) is 24.3 Å². The van der Waals surface area contributed by atoms with Gasteiger partial charge < -0.3 is 9.84 Å². The molecule has 1 aliphatic rings. The summed E-state index contributed by atoms with van der Waals surface area (Å²) in [4.78, 5) is 15.4. The van der Waals surface area contributed by atoms with Crippen LogP contribution in [0.5, 0.6) is 0 Å². The van der Waals surface area contributed by atoms with Crippen LogP contribution < -0.4 is 5.32 Å². The first-order valence-corrected chi connectivity index (χ1v) is 7.11. The lowest BCUT2D eigenvalue weighted by molar-refractivity contribution is -0.159. The summed E-state index contributed by atoms with van der Waals surface area (Å²) >= 11 is 0. The number of nitrogens with one attached hydrogen (secondary N) is 1. The zero-order valence-electron chi connectivity index (χ0n) is 12.3. The molecule has 1 fully saturated rings. The highest BCUT2D eigenvalue weighted by molar-refractivity contribution is 5.95. The van der Waals surface area contributed by atoms with Crippen LogP contribution in [0, 0.1) is 0 Å². The number of nitrogens with zero attached hydrogens (tertiary/aromatic N) is 2. The number of aromatic nitrogens is 2. The molecule has 1 N–H and O–H groups in total. The lowest BCUT2D eigenvalue weighted by Gasteiger charge is -2.39. The molecule has 3 rings (SSSR count). The Kier molecular flexibility index (Phi) is 3.62. The number of amides is 1. The molecule has 5 nitrogen and oxygen atoms in total. The van der Waals surface area contributed by atoms with Gasteiger partial charge in [-0.05, 0) is 38.3 Å². The summed E-state index contributed by atoms with van der Waals surface area (Å²) in [6.07, 6.45) is -1.70. The van der Waals surface area contributed by atoms with Crippen LogP contribution in [0.1, 0.15) is 42.4 Å². The van der Waals surface area contributed by atoms with Gasteiger partial charge in [0.15, 0.2) is 0 Å². The largest absolute Gasteiger partial charge is 0.471 e. The summed E-state index contributed by atoms with van der Waals surface area (Å²) in [5, 5.41) is 6.26. The normalized spacial score (nSPS) is 16.7. The quantitative estimate of drug-likeness (QED) is 0.939. The second kappa shape index (κ2) is 5.36. The van der Waals surface area contributed by atoms with Crippen LogP contribution in [0.3, 0.4) is 0 Å². The molecule has 0 spiro atoms. The predicted octanol–water partition coefficient (Wildman–Crippen LogP) is 3.43. The van der Waals surface area contributed by atoms with Crippen molar-refractivity contribution in [3.63, 3.8) is 0 Å². The van der Waals surface area contributed by atoms with Crippen molar-refractivity contribution < 1.29 is 22.5 Å². The Bertz CT molecular complexity index is 718. The SMILES string of the molecule is CC1(NC(=O)c2ccc(-c3noc(C(F)(F)F)n3)cc2)CCC1. The summed E-state index contributed by atoms with van der Waals surface area (Å²) < 4.78 is 41.5. The molecule has 0 radical (unpaired) electrons. The van der Waals surface area contributed by atoms with Crippen LogP contribution in [0.25, 0.3) is 11.4 Å². The van der Waals surface area contributed by atoms with Crippen molar-refractivity contribution in [3.05, 3.63) is 35.7 Å². The molecule has 2 aromatic rings. The average molecular weight is 325 g/mol. The standard InChI is InChI=1S/C15H14F3N3O2/c1-14(7-2-8-14)20-12(22)10-5-3-9(4-6-10)11-19-13(23-21-11)15(16,17)18/h3-6H,2,7-8H2,1H3,(H,20,22). The maximum atomic E-state index is 12.4. The zero-order valence-corrected chi connectivity index (χ0v) is 12.3. The Labute approximate surface area is 129 Å². The second-order valence-electron chi connectivity index (χ2n) is 5.87. The van der Waals surface area contributed by atoms with E-state index in [-0.39, 0.29) is 17.3 Å². The second-order valence-corrected chi connectivity index (χ2v) is 5.87. The number of rotatable bonds is 3. The van der Waals surface area contributed by atoms with Crippen LogP contribution in [-0.2, 0) is 6.18 Å².